The summed E-state index contributed by atoms with van der Waals surface area (Å²) in [5.41, 5.74) is 18.7. The SMILES string of the molecule is CC1(C)c2ccccc2-c2c(-c3cccc(-c4ccc5oc6cccc(-c7nc(-c8cccc(-c9ccccc9)c8)nc(-c8ccccc8-c8ccccc8)n7)c6c5c4)c3)cccc21. The first-order valence-electron chi connectivity index (χ1n) is 21.8. The smallest absolute Gasteiger partial charge is 0.164 e. The van der Waals surface area contributed by atoms with Crippen LogP contribution in [-0.2, 0) is 5.41 Å². The fraction of sp³-hybridized carbons (Fsp3) is 0.0500. The minimum Gasteiger partial charge on any atom is -0.456 e. The average Bonchev–Trinajstić information content (AvgIpc) is 3.86. The van der Waals surface area contributed by atoms with Gasteiger partial charge in [0.15, 0.2) is 17.5 Å². The van der Waals surface area contributed by atoms with Gasteiger partial charge < -0.3 is 4.42 Å². The van der Waals surface area contributed by atoms with Crippen LogP contribution in [0.25, 0.3) is 112 Å². The van der Waals surface area contributed by atoms with Gasteiger partial charge in [-0.15, -0.1) is 0 Å². The summed E-state index contributed by atoms with van der Waals surface area (Å²) in [5.74, 6) is 1.78. The molecule has 0 unspecified atom stereocenters. The summed E-state index contributed by atoms with van der Waals surface area (Å²) in [4.78, 5) is 15.8. The third kappa shape index (κ3) is 6.26. The fourth-order valence-corrected chi connectivity index (χ4v) is 9.82. The molecule has 1 aliphatic carbocycles. The molecular formula is C60H41N3O. The lowest BCUT2D eigenvalue weighted by molar-refractivity contribution is 0.660. The molecule has 9 aromatic carbocycles. The van der Waals surface area contributed by atoms with Crippen LogP contribution in [0.15, 0.2) is 217 Å². The second-order valence-corrected chi connectivity index (χ2v) is 17.1. The van der Waals surface area contributed by atoms with E-state index in [4.69, 9.17) is 19.4 Å². The van der Waals surface area contributed by atoms with Crippen molar-refractivity contribution in [3.8, 4) is 89.8 Å². The Labute approximate surface area is 372 Å². The predicted molar refractivity (Wildman–Crippen MR) is 263 cm³/mol. The quantitative estimate of drug-likeness (QED) is 0.161. The monoisotopic (exact) mass is 819 g/mol. The zero-order chi connectivity index (χ0) is 42.8. The van der Waals surface area contributed by atoms with Crippen LogP contribution in [0.1, 0.15) is 25.0 Å². The lowest BCUT2D eigenvalue weighted by atomic mass is 9.82. The van der Waals surface area contributed by atoms with Crippen molar-refractivity contribution in [2.75, 3.05) is 0 Å². The van der Waals surface area contributed by atoms with E-state index in [-0.39, 0.29) is 5.41 Å². The molecule has 0 atom stereocenters. The summed E-state index contributed by atoms with van der Waals surface area (Å²) in [5, 5.41) is 1.97. The van der Waals surface area contributed by atoms with E-state index in [1.54, 1.807) is 0 Å². The summed E-state index contributed by atoms with van der Waals surface area (Å²) in [6.45, 7) is 4.67. The molecule has 12 rings (SSSR count). The first-order valence-corrected chi connectivity index (χ1v) is 21.8. The van der Waals surface area contributed by atoms with Crippen LogP contribution >= 0.6 is 0 Å². The zero-order valence-corrected chi connectivity index (χ0v) is 35.5. The van der Waals surface area contributed by atoms with Crippen molar-refractivity contribution in [3.63, 3.8) is 0 Å². The average molecular weight is 820 g/mol. The van der Waals surface area contributed by atoms with Gasteiger partial charge in [0.1, 0.15) is 11.2 Å². The van der Waals surface area contributed by atoms with Crippen LogP contribution in [-0.4, -0.2) is 15.0 Å². The second kappa shape index (κ2) is 15.0. The Morgan fingerprint density at radius 2 is 0.844 bits per heavy atom. The maximum absolute atomic E-state index is 6.60. The van der Waals surface area contributed by atoms with Crippen LogP contribution in [0.2, 0.25) is 0 Å². The van der Waals surface area contributed by atoms with Crippen LogP contribution in [0.5, 0.6) is 0 Å². The summed E-state index contributed by atoms with van der Waals surface area (Å²) >= 11 is 0. The summed E-state index contributed by atoms with van der Waals surface area (Å²) < 4.78 is 6.60. The number of hydrogen-bond acceptors (Lipinski definition) is 4. The number of furan rings is 1. The van der Waals surface area contributed by atoms with E-state index in [1.165, 1.54) is 33.4 Å². The maximum Gasteiger partial charge on any atom is 0.164 e. The van der Waals surface area contributed by atoms with Gasteiger partial charge in [0.05, 0.1) is 0 Å². The van der Waals surface area contributed by atoms with E-state index >= 15 is 0 Å². The first kappa shape index (κ1) is 37.5. The molecule has 64 heavy (non-hydrogen) atoms. The van der Waals surface area contributed by atoms with Gasteiger partial charge in [-0.05, 0) is 97.1 Å². The molecule has 302 valence electrons. The molecular weight excluding hydrogens is 779 g/mol. The predicted octanol–water partition coefficient (Wildman–Crippen LogP) is 15.7. The van der Waals surface area contributed by atoms with Crippen molar-refractivity contribution in [3.05, 3.63) is 223 Å². The number of fused-ring (bicyclic) bond motifs is 6. The number of aromatic nitrogens is 3. The highest BCUT2D eigenvalue weighted by Crippen LogP contribution is 2.52. The molecule has 0 amide bonds. The van der Waals surface area contributed by atoms with Crippen molar-refractivity contribution in [1.82, 2.24) is 15.0 Å². The lowest BCUT2D eigenvalue weighted by Gasteiger charge is -2.21. The molecule has 4 nitrogen and oxygen atoms in total. The number of benzene rings is 9. The van der Waals surface area contributed by atoms with Gasteiger partial charge in [-0.3, -0.25) is 0 Å². The van der Waals surface area contributed by atoms with Crippen LogP contribution < -0.4 is 0 Å². The standard InChI is InChI=1S/C60H41N3O/c1-60(2)51-30-12-11-27-48(51)55-46(28-15-31-52(55)60)43-23-13-22-41(35-43)42-33-34-53-50(37-42)56-49(29-16-32-54(56)64-53)59-62-57(44-24-14-21-40(36-44)38-17-5-3-6-18-38)61-58(63-59)47-26-10-9-25-45(47)39-19-7-4-8-20-39/h3-37H,1-2H3. The third-order valence-corrected chi connectivity index (χ3v) is 13.0. The molecule has 4 heteroatoms. The molecule has 0 bridgehead atoms. The van der Waals surface area contributed by atoms with Crippen LogP contribution in [0.4, 0.5) is 0 Å². The second-order valence-electron chi connectivity index (χ2n) is 17.1. The normalized spacial score (nSPS) is 12.7. The summed E-state index contributed by atoms with van der Waals surface area (Å²) in [6, 6.07) is 74.9. The highest BCUT2D eigenvalue weighted by Gasteiger charge is 2.36. The Kier molecular flexibility index (Phi) is 8.80. The largest absolute Gasteiger partial charge is 0.456 e. The number of rotatable bonds is 7. The molecule has 0 radical (unpaired) electrons. The highest BCUT2D eigenvalue weighted by molar-refractivity contribution is 6.13. The molecule has 1 aliphatic rings. The molecule has 2 aromatic heterocycles. The van der Waals surface area contributed by atoms with Crippen LogP contribution in [0.3, 0.4) is 0 Å². The zero-order valence-electron chi connectivity index (χ0n) is 35.5. The van der Waals surface area contributed by atoms with Crippen molar-refractivity contribution >= 4 is 21.9 Å². The van der Waals surface area contributed by atoms with Gasteiger partial charge in [-0.25, -0.2) is 15.0 Å². The van der Waals surface area contributed by atoms with E-state index in [0.717, 1.165) is 72.0 Å². The Morgan fingerprint density at radius 3 is 1.64 bits per heavy atom. The van der Waals surface area contributed by atoms with E-state index in [2.05, 4.69) is 196 Å². The molecule has 2 heterocycles. The molecule has 0 saturated heterocycles. The van der Waals surface area contributed by atoms with Crippen molar-refractivity contribution in [2.45, 2.75) is 19.3 Å². The topological polar surface area (TPSA) is 51.8 Å². The first-order chi connectivity index (χ1) is 31.5. The van der Waals surface area contributed by atoms with Crippen LogP contribution in [0, 0.1) is 0 Å². The molecule has 0 saturated carbocycles. The van der Waals surface area contributed by atoms with Crippen molar-refractivity contribution in [2.24, 2.45) is 0 Å². The molecule has 0 spiro atoms. The maximum atomic E-state index is 6.60. The Bertz CT molecular complexity index is 3590. The molecule has 0 aliphatic heterocycles. The van der Waals surface area contributed by atoms with Gasteiger partial charge >= 0.3 is 0 Å². The molecule has 0 N–H and O–H groups in total. The number of hydrogen-bond donors (Lipinski definition) is 0. The Balaban J connectivity index is 1.02. The minimum atomic E-state index is -0.0673. The Morgan fingerprint density at radius 1 is 0.328 bits per heavy atom. The van der Waals surface area contributed by atoms with Gasteiger partial charge in [0, 0.05) is 32.9 Å². The van der Waals surface area contributed by atoms with E-state index in [0.29, 0.717) is 17.5 Å². The van der Waals surface area contributed by atoms with E-state index < -0.39 is 0 Å². The fourth-order valence-electron chi connectivity index (χ4n) is 9.82. The van der Waals surface area contributed by atoms with E-state index in [9.17, 15) is 0 Å². The summed E-state index contributed by atoms with van der Waals surface area (Å²) in [7, 11) is 0. The van der Waals surface area contributed by atoms with Crippen molar-refractivity contribution < 1.29 is 4.42 Å². The molecule has 11 aromatic rings. The van der Waals surface area contributed by atoms with E-state index in [1.807, 2.05) is 30.3 Å². The lowest BCUT2D eigenvalue weighted by Crippen LogP contribution is -2.14. The Hall–Kier alpha value is -8.21. The van der Waals surface area contributed by atoms with Crippen molar-refractivity contribution in [1.29, 1.82) is 0 Å². The van der Waals surface area contributed by atoms with Gasteiger partial charge in [-0.1, -0.05) is 196 Å². The number of nitrogens with zero attached hydrogens (tertiary/aromatic N) is 3. The minimum absolute atomic E-state index is 0.0673. The highest BCUT2D eigenvalue weighted by atomic mass is 16.3. The third-order valence-electron chi connectivity index (χ3n) is 13.0. The van der Waals surface area contributed by atoms with Gasteiger partial charge in [0.25, 0.3) is 0 Å². The van der Waals surface area contributed by atoms with Gasteiger partial charge in [0.2, 0.25) is 0 Å². The molecule has 0 fully saturated rings. The summed E-state index contributed by atoms with van der Waals surface area (Å²) in [6.07, 6.45) is 0. The van der Waals surface area contributed by atoms with Gasteiger partial charge in [-0.2, -0.15) is 0 Å².